The molecule has 0 spiro atoms. The summed E-state index contributed by atoms with van der Waals surface area (Å²) in [6.45, 7) is 10.9. The fourth-order valence-electron chi connectivity index (χ4n) is 3.81. The SMILES string of the molecule is CCOc1nc(-c2ccccc2F)n(-c2ccc(NC(=O)CC(C)CC(C)(C)C)cc2)n1. The quantitative estimate of drug-likeness (QED) is 0.477. The molecule has 6 nitrogen and oxygen atoms in total. The van der Waals surface area contributed by atoms with Gasteiger partial charge in [0.15, 0.2) is 5.82 Å². The van der Waals surface area contributed by atoms with Gasteiger partial charge in [-0.3, -0.25) is 4.79 Å². The van der Waals surface area contributed by atoms with Crippen LogP contribution in [0.4, 0.5) is 10.1 Å². The molecule has 0 saturated carbocycles. The molecule has 32 heavy (non-hydrogen) atoms. The topological polar surface area (TPSA) is 69.0 Å². The summed E-state index contributed by atoms with van der Waals surface area (Å²) in [6.07, 6.45) is 1.45. The number of aromatic nitrogens is 3. The van der Waals surface area contributed by atoms with Gasteiger partial charge in [-0.25, -0.2) is 9.07 Å². The molecule has 1 aromatic heterocycles. The van der Waals surface area contributed by atoms with Gasteiger partial charge in [-0.05, 0) is 61.1 Å². The summed E-state index contributed by atoms with van der Waals surface area (Å²) < 4.78 is 21.4. The van der Waals surface area contributed by atoms with Gasteiger partial charge in [0.2, 0.25) is 5.91 Å². The lowest BCUT2D eigenvalue weighted by molar-refractivity contribution is -0.117. The largest absolute Gasteiger partial charge is 0.463 e. The van der Waals surface area contributed by atoms with Crippen molar-refractivity contribution in [1.82, 2.24) is 14.8 Å². The van der Waals surface area contributed by atoms with E-state index >= 15 is 0 Å². The first-order chi connectivity index (χ1) is 15.2. The lowest BCUT2D eigenvalue weighted by Gasteiger charge is -2.22. The van der Waals surface area contributed by atoms with E-state index in [1.165, 1.54) is 6.07 Å². The maximum atomic E-state index is 14.4. The van der Waals surface area contributed by atoms with E-state index in [2.05, 4.69) is 43.1 Å². The number of hydrogen-bond donors (Lipinski definition) is 1. The van der Waals surface area contributed by atoms with E-state index in [4.69, 9.17) is 4.74 Å². The zero-order chi connectivity index (χ0) is 23.3. The number of carbonyl (C=O) groups is 1. The van der Waals surface area contributed by atoms with Gasteiger partial charge < -0.3 is 10.1 Å². The highest BCUT2D eigenvalue weighted by Crippen LogP contribution is 2.28. The monoisotopic (exact) mass is 438 g/mol. The van der Waals surface area contributed by atoms with Crippen molar-refractivity contribution < 1.29 is 13.9 Å². The van der Waals surface area contributed by atoms with Crippen molar-refractivity contribution in [2.45, 2.75) is 47.5 Å². The van der Waals surface area contributed by atoms with Crippen molar-refractivity contribution in [2.75, 3.05) is 11.9 Å². The maximum absolute atomic E-state index is 14.4. The summed E-state index contributed by atoms with van der Waals surface area (Å²) in [4.78, 5) is 16.8. The van der Waals surface area contributed by atoms with Crippen LogP contribution in [-0.2, 0) is 4.79 Å². The van der Waals surface area contributed by atoms with E-state index in [0.717, 1.165) is 6.42 Å². The second kappa shape index (κ2) is 9.94. The molecule has 170 valence electrons. The fraction of sp³-hybridized carbons (Fsp3) is 0.400. The molecule has 1 heterocycles. The number of rotatable bonds is 8. The minimum atomic E-state index is -0.391. The van der Waals surface area contributed by atoms with Crippen LogP contribution in [0, 0.1) is 17.2 Å². The van der Waals surface area contributed by atoms with Gasteiger partial charge in [-0.1, -0.05) is 39.8 Å². The Labute approximate surface area is 188 Å². The van der Waals surface area contributed by atoms with Crippen LogP contribution in [0.1, 0.15) is 47.5 Å². The summed E-state index contributed by atoms with van der Waals surface area (Å²) in [5.74, 6) is 0.238. The van der Waals surface area contributed by atoms with E-state index < -0.39 is 5.82 Å². The molecular weight excluding hydrogens is 407 g/mol. The van der Waals surface area contributed by atoms with E-state index in [9.17, 15) is 9.18 Å². The highest BCUT2D eigenvalue weighted by Gasteiger charge is 2.19. The molecule has 1 unspecified atom stereocenters. The van der Waals surface area contributed by atoms with Crippen LogP contribution in [0.15, 0.2) is 48.5 Å². The predicted molar refractivity (Wildman–Crippen MR) is 124 cm³/mol. The predicted octanol–water partition coefficient (Wildman–Crippen LogP) is 5.87. The number of ether oxygens (including phenoxy) is 1. The van der Waals surface area contributed by atoms with Crippen molar-refractivity contribution >= 4 is 11.6 Å². The molecule has 0 radical (unpaired) electrons. The van der Waals surface area contributed by atoms with Crippen LogP contribution in [-0.4, -0.2) is 27.3 Å². The highest BCUT2D eigenvalue weighted by molar-refractivity contribution is 5.90. The fourth-order valence-corrected chi connectivity index (χ4v) is 3.81. The third-order valence-electron chi connectivity index (χ3n) is 4.87. The number of hydrogen-bond acceptors (Lipinski definition) is 4. The van der Waals surface area contributed by atoms with Crippen LogP contribution in [0.3, 0.4) is 0 Å². The minimum absolute atomic E-state index is 0.0130. The molecule has 2 aromatic carbocycles. The van der Waals surface area contributed by atoms with Crippen molar-refractivity contribution in [3.63, 3.8) is 0 Å². The van der Waals surface area contributed by atoms with Gasteiger partial charge >= 0.3 is 6.01 Å². The van der Waals surface area contributed by atoms with E-state index in [0.29, 0.717) is 41.7 Å². The molecule has 1 N–H and O–H groups in total. The molecule has 3 aromatic rings. The van der Waals surface area contributed by atoms with Crippen molar-refractivity contribution in [3.05, 3.63) is 54.3 Å². The van der Waals surface area contributed by atoms with Crippen LogP contribution in [0.25, 0.3) is 17.1 Å². The second-order valence-electron chi connectivity index (χ2n) is 9.21. The molecule has 3 rings (SSSR count). The molecule has 0 aliphatic heterocycles. The van der Waals surface area contributed by atoms with Gasteiger partial charge in [-0.2, -0.15) is 4.98 Å². The normalized spacial score (nSPS) is 12.4. The number of nitrogens with one attached hydrogen (secondary N) is 1. The third kappa shape index (κ3) is 6.15. The van der Waals surface area contributed by atoms with Crippen LogP contribution >= 0.6 is 0 Å². The number of amides is 1. The van der Waals surface area contributed by atoms with Gasteiger partial charge in [0.1, 0.15) is 5.82 Å². The summed E-state index contributed by atoms with van der Waals surface area (Å²) in [7, 11) is 0. The van der Waals surface area contributed by atoms with Crippen LogP contribution in [0.2, 0.25) is 0 Å². The standard InChI is InChI=1S/C25H31FN4O2/c1-6-32-24-28-23(20-9-7-8-10-21(20)26)30(29-24)19-13-11-18(12-14-19)27-22(31)15-17(2)16-25(3,4)5/h7-14,17H,6,15-16H2,1-5H3,(H,27,31). The zero-order valence-electron chi connectivity index (χ0n) is 19.4. The highest BCUT2D eigenvalue weighted by atomic mass is 19.1. The van der Waals surface area contributed by atoms with Crippen LogP contribution < -0.4 is 10.1 Å². The minimum Gasteiger partial charge on any atom is -0.463 e. The molecule has 1 atom stereocenters. The number of carbonyl (C=O) groups excluding carboxylic acids is 1. The first kappa shape index (κ1) is 23.4. The van der Waals surface area contributed by atoms with Crippen molar-refractivity contribution in [1.29, 1.82) is 0 Å². The summed E-state index contributed by atoms with van der Waals surface area (Å²) >= 11 is 0. The second-order valence-corrected chi connectivity index (χ2v) is 9.21. The Morgan fingerprint density at radius 3 is 2.47 bits per heavy atom. The van der Waals surface area contributed by atoms with Crippen molar-refractivity contribution in [3.8, 4) is 23.1 Å². The third-order valence-corrected chi connectivity index (χ3v) is 4.87. The molecule has 0 bridgehead atoms. The van der Waals surface area contributed by atoms with Gasteiger partial charge in [0, 0.05) is 12.1 Å². The molecular formula is C25H31FN4O2. The Balaban J connectivity index is 1.79. The van der Waals surface area contributed by atoms with Crippen molar-refractivity contribution in [2.24, 2.45) is 11.3 Å². The molecule has 0 saturated heterocycles. The van der Waals surface area contributed by atoms with E-state index in [1.807, 2.05) is 19.1 Å². The van der Waals surface area contributed by atoms with Gasteiger partial charge in [0.25, 0.3) is 0 Å². The number of halogens is 1. The summed E-state index contributed by atoms with van der Waals surface area (Å²) in [5, 5.41) is 7.33. The summed E-state index contributed by atoms with van der Waals surface area (Å²) in [5.41, 5.74) is 1.89. The number of anilines is 1. The number of benzene rings is 2. The summed E-state index contributed by atoms with van der Waals surface area (Å²) in [6, 6.07) is 13.8. The molecule has 0 fully saturated rings. The van der Waals surface area contributed by atoms with Crippen LogP contribution in [0.5, 0.6) is 6.01 Å². The first-order valence-corrected chi connectivity index (χ1v) is 10.9. The Morgan fingerprint density at radius 2 is 1.84 bits per heavy atom. The molecule has 7 heteroatoms. The Kier molecular flexibility index (Phi) is 7.28. The smallest absolute Gasteiger partial charge is 0.336 e. The van der Waals surface area contributed by atoms with Gasteiger partial charge in [0.05, 0.1) is 17.9 Å². The average Bonchev–Trinajstić information content (AvgIpc) is 3.11. The lowest BCUT2D eigenvalue weighted by Crippen LogP contribution is -2.18. The van der Waals surface area contributed by atoms with Gasteiger partial charge in [-0.15, -0.1) is 5.10 Å². The maximum Gasteiger partial charge on any atom is 0.336 e. The first-order valence-electron chi connectivity index (χ1n) is 10.9. The number of nitrogens with zero attached hydrogens (tertiary/aromatic N) is 3. The van der Waals surface area contributed by atoms with E-state index in [-0.39, 0.29) is 17.3 Å². The molecule has 0 aliphatic carbocycles. The molecule has 0 aliphatic rings. The average molecular weight is 439 g/mol. The Morgan fingerprint density at radius 1 is 1.16 bits per heavy atom. The Hall–Kier alpha value is -3.22. The molecule has 1 amide bonds. The Bertz CT molecular complexity index is 1050. The van der Waals surface area contributed by atoms with E-state index in [1.54, 1.807) is 35.0 Å². The zero-order valence-corrected chi connectivity index (χ0v) is 19.4. The lowest BCUT2D eigenvalue weighted by atomic mass is 9.84.